The van der Waals surface area contributed by atoms with Crippen molar-refractivity contribution >= 4 is 21.7 Å². The maximum Gasteiger partial charge on any atom is 0.323 e. The van der Waals surface area contributed by atoms with Gasteiger partial charge in [-0.2, -0.15) is 4.31 Å². The van der Waals surface area contributed by atoms with Crippen molar-refractivity contribution in [2.24, 2.45) is 5.73 Å². The molecular formula is C12H15N3O6S. The zero-order valence-electron chi connectivity index (χ0n) is 11.5. The molecule has 0 radical (unpaired) electrons. The number of carbonyl (C=O) groups is 1. The quantitative estimate of drug-likeness (QED) is 0.591. The summed E-state index contributed by atoms with van der Waals surface area (Å²) in [7, 11) is -4.07. The zero-order chi connectivity index (χ0) is 16.5. The Morgan fingerprint density at radius 2 is 1.86 bits per heavy atom. The Morgan fingerprint density at radius 3 is 2.36 bits per heavy atom. The van der Waals surface area contributed by atoms with Gasteiger partial charge in [-0.15, -0.1) is 0 Å². The van der Waals surface area contributed by atoms with Gasteiger partial charge in [0.15, 0.2) is 4.90 Å². The van der Waals surface area contributed by atoms with Crippen LogP contribution >= 0.6 is 0 Å². The predicted octanol–water partition coefficient (Wildman–Crippen LogP) is 0.161. The van der Waals surface area contributed by atoms with Crippen LogP contribution in [0.25, 0.3) is 0 Å². The van der Waals surface area contributed by atoms with Gasteiger partial charge in [0.2, 0.25) is 10.0 Å². The summed E-state index contributed by atoms with van der Waals surface area (Å²) < 4.78 is 26.1. The lowest BCUT2D eigenvalue weighted by Crippen LogP contribution is -2.56. The van der Waals surface area contributed by atoms with E-state index in [1.165, 1.54) is 12.1 Å². The Hall–Kier alpha value is -2.04. The maximum absolute atomic E-state index is 12.5. The first-order valence-electron chi connectivity index (χ1n) is 6.44. The van der Waals surface area contributed by atoms with E-state index < -0.39 is 37.0 Å². The fourth-order valence-corrected chi connectivity index (χ4v) is 3.90. The summed E-state index contributed by atoms with van der Waals surface area (Å²) in [5.41, 5.74) is 3.72. The Morgan fingerprint density at radius 1 is 1.32 bits per heavy atom. The van der Waals surface area contributed by atoms with Crippen LogP contribution in [-0.4, -0.2) is 47.4 Å². The molecule has 9 nitrogen and oxygen atoms in total. The number of carboxylic acid groups (broad SMARTS) is 1. The molecule has 0 amide bonds. The third kappa shape index (κ3) is 2.80. The van der Waals surface area contributed by atoms with E-state index in [1.807, 2.05) is 0 Å². The number of aliphatic carboxylic acids is 1. The summed E-state index contributed by atoms with van der Waals surface area (Å²) in [4.78, 5) is 20.9. The molecule has 1 heterocycles. The highest BCUT2D eigenvalue weighted by Gasteiger charge is 2.42. The number of piperidine rings is 1. The van der Waals surface area contributed by atoms with Crippen molar-refractivity contribution in [3.8, 4) is 0 Å². The van der Waals surface area contributed by atoms with Gasteiger partial charge < -0.3 is 10.8 Å². The number of benzene rings is 1. The van der Waals surface area contributed by atoms with Crippen LogP contribution in [0.4, 0.5) is 5.69 Å². The first-order chi connectivity index (χ1) is 10.2. The van der Waals surface area contributed by atoms with E-state index in [9.17, 15) is 23.3 Å². The average Bonchev–Trinajstić information content (AvgIpc) is 2.47. The largest absolute Gasteiger partial charge is 0.480 e. The molecular weight excluding hydrogens is 314 g/mol. The molecule has 2 rings (SSSR count). The Kier molecular flexibility index (Phi) is 4.18. The van der Waals surface area contributed by atoms with Crippen molar-refractivity contribution < 1.29 is 23.2 Å². The molecule has 120 valence electrons. The molecule has 0 atom stereocenters. The van der Waals surface area contributed by atoms with Crippen LogP contribution in [0.1, 0.15) is 12.8 Å². The maximum atomic E-state index is 12.5. The fraction of sp³-hybridized carbons (Fsp3) is 0.417. The highest BCUT2D eigenvalue weighted by molar-refractivity contribution is 7.89. The van der Waals surface area contributed by atoms with Crippen LogP contribution in [0, 0.1) is 10.1 Å². The Bertz CT molecular complexity index is 709. The van der Waals surface area contributed by atoms with Gasteiger partial charge in [0.25, 0.3) is 5.69 Å². The Balaban J connectivity index is 2.31. The smallest absolute Gasteiger partial charge is 0.323 e. The van der Waals surface area contributed by atoms with Crippen LogP contribution in [0.2, 0.25) is 0 Å². The molecule has 3 N–H and O–H groups in total. The van der Waals surface area contributed by atoms with Gasteiger partial charge in [-0.05, 0) is 18.9 Å². The first kappa shape index (κ1) is 16.3. The minimum atomic E-state index is -4.07. The summed E-state index contributed by atoms with van der Waals surface area (Å²) >= 11 is 0. The molecule has 0 aromatic heterocycles. The number of nitrogens with zero attached hydrogens (tertiary/aromatic N) is 2. The standard InChI is InChI=1S/C12H15N3O6S/c13-12(11(16)17)5-7-14(8-6-12)22(20,21)10-4-2-1-3-9(10)15(18)19/h1-4H,5-8,13H2,(H,16,17). The lowest BCUT2D eigenvalue weighted by atomic mass is 9.90. The highest BCUT2D eigenvalue weighted by Crippen LogP contribution is 2.30. The number of nitro benzene ring substituents is 1. The van der Waals surface area contributed by atoms with E-state index in [1.54, 1.807) is 0 Å². The van der Waals surface area contributed by atoms with Crippen LogP contribution in [0.3, 0.4) is 0 Å². The van der Waals surface area contributed by atoms with Crippen molar-refractivity contribution in [2.45, 2.75) is 23.3 Å². The summed E-state index contributed by atoms with van der Waals surface area (Å²) in [6.07, 6.45) is -0.107. The van der Waals surface area contributed by atoms with Crippen LogP contribution in [0.5, 0.6) is 0 Å². The molecule has 22 heavy (non-hydrogen) atoms. The van der Waals surface area contributed by atoms with Gasteiger partial charge >= 0.3 is 5.97 Å². The van der Waals surface area contributed by atoms with Crippen LogP contribution in [-0.2, 0) is 14.8 Å². The van der Waals surface area contributed by atoms with Crippen molar-refractivity contribution in [3.63, 3.8) is 0 Å². The summed E-state index contributed by atoms with van der Waals surface area (Å²) in [6, 6.07) is 5.05. The van der Waals surface area contributed by atoms with Crippen molar-refractivity contribution in [1.29, 1.82) is 0 Å². The van der Waals surface area contributed by atoms with Gasteiger partial charge in [-0.1, -0.05) is 12.1 Å². The molecule has 1 fully saturated rings. The molecule has 1 aliphatic rings. The number of nitro groups is 1. The molecule has 0 bridgehead atoms. The van der Waals surface area contributed by atoms with Gasteiger partial charge in [0.05, 0.1) is 4.92 Å². The van der Waals surface area contributed by atoms with E-state index >= 15 is 0 Å². The molecule has 1 saturated heterocycles. The average molecular weight is 329 g/mol. The SMILES string of the molecule is NC1(C(=O)O)CCN(S(=O)(=O)c2ccccc2[N+](=O)[O-])CC1. The lowest BCUT2D eigenvalue weighted by Gasteiger charge is -2.35. The fourth-order valence-electron chi connectivity index (χ4n) is 2.30. The summed E-state index contributed by atoms with van der Waals surface area (Å²) in [5, 5.41) is 20.0. The van der Waals surface area contributed by atoms with E-state index in [0.29, 0.717) is 0 Å². The second kappa shape index (κ2) is 5.63. The normalized spacial score (nSPS) is 18.8. The number of nitrogens with two attached hydrogens (primary N) is 1. The number of sulfonamides is 1. The number of hydrogen-bond acceptors (Lipinski definition) is 6. The topological polar surface area (TPSA) is 144 Å². The summed E-state index contributed by atoms with van der Waals surface area (Å²) in [5.74, 6) is -1.18. The van der Waals surface area contributed by atoms with Crippen molar-refractivity contribution in [3.05, 3.63) is 34.4 Å². The molecule has 0 unspecified atom stereocenters. The van der Waals surface area contributed by atoms with Crippen LogP contribution in [0.15, 0.2) is 29.2 Å². The number of carboxylic acids is 1. The minimum absolute atomic E-state index is 0.0534. The van der Waals surface area contributed by atoms with Crippen LogP contribution < -0.4 is 5.73 Å². The first-order valence-corrected chi connectivity index (χ1v) is 7.88. The minimum Gasteiger partial charge on any atom is -0.480 e. The molecule has 0 aliphatic carbocycles. The zero-order valence-corrected chi connectivity index (χ0v) is 12.3. The lowest BCUT2D eigenvalue weighted by molar-refractivity contribution is -0.387. The number of hydrogen-bond donors (Lipinski definition) is 2. The molecule has 10 heteroatoms. The van der Waals surface area contributed by atoms with Crippen molar-refractivity contribution in [2.75, 3.05) is 13.1 Å². The predicted molar refractivity (Wildman–Crippen MR) is 75.6 cm³/mol. The van der Waals surface area contributed by atoms with Crippen molar-refractivity contribution in [1.82, 2.24) is 4.31 Å². The molecule has 1 aromatic carbocycles. The summed E-state index contributed by atoms with van der Waals surface area (Å²) in [6.45, 7) is -0.200. The highest BCUT2D eigenvalue weighted by atomic mass is 32.2. The van der Waals surface area contributed by atoms with E-state index in [4.69, 9.17) is 10.8 Å². The monoisotopic (exact) mass is 329 g/mol. The second-order valence-corrected chi connectivity index (χ2v) is 7.00. The third-order valence-electron chi connectivity index (χ3n) is 3.72. The molecule has 1 aromatic rings. The molecule has 0 saturated carbocycles. The van der Waals surface area contributed by atoms with E-state index in [-0.39, 0.29) is 25.9 Å². The van der Waals surface area contributed by atoms with E-state index in [0.717, 1.165) is 16.4 Å². The second-order valence-electron chi connectivity index (χ2n) is 5.09. The van der Waals surface area contributed by atoms with Gasteiger partial charge in [-0.3, -0.25) is 14.9 Å². The third-order valence-corrected chi connectivity index (χ3v) is 5.67. The van der Waals surface area contributed by atoms with Gasteiger partial charge in [0, 0.05) is 19.2 Å². The Labute approximate surface area is 126 Å². The van der Waals surface area contributed by atoms with Gasteiger partial charge in [0.1, 0.15) is 5.54 Å². The number of para-hydroxylation sites is 1. The molecule has 1 aliphatic heterocycles. The molecule has 0 spiro atoms. The van der Waals surface area contributed by atoms with E-state index in [2.05, 4.69) is 0 Å². The number of rotatable bonds is 4. The van der Waals surface area contributed by atoms with Gasteiger partial charge in [-0.25, -0.2) is 8.42 Å².